The number of carbonyl (C=O) groups excluding carboxylic acids is 1. The van der Waals surface area contributed by atoms with E-state index in [9.17, 15) is 4.79 Å². The summed E-state index contributed by atoms with van der Waals surface area (Å²) in [4.78, 5) is 17.6. The van der Waals surface area contributed by atoms with Crippen LogP contribution in [0.2, 0.25) is 0 Å². The summed E-state index contributed by atoms with van der Waals surface area (Å²) in [6.45, 7) is 4.27. The van der Waals surface area contributed by atoms with E-state index in [1.54, 1.807) is 0 Å². The van der Waals surface area contributed by atoms with Crippen molar-refractivity contribution in [3.63, 3.8) is 0 Å². The molecular weight excluding hydrogens is 298 g/mol. The number of hydrogen-bond acceptors (Lipinski definition) is 2. The van der Waals surface area contributed by atoms with E-state index in [0.717, 1.165) is 38.0 Å². The second kappa shape index (κ2) is 6.40. The van der Waals surface area contributed by atoms with Crippen molar-refractivity contribution in [3.05, 3.63) is 29.3 Å². The van der Waals surface area contributed by atoms with Gasteiger partial charge in [-0.15, -0.1) is 0 Å². The maximum atomic E-state index is 13.1. The predicted molar refractivity (Wildman–Crippen MR) is 97.7 cm³/mol. The molecule has 0 aromatic heterocycles. The molecule has 1 aliphatic carbocycles. The quantitative estimate of drug-likeness (QED) is 0.855. The first-order chi connectivity index (χ1) is 11.6. The van der Waals surface area contributed by atoms with Gasteiger partial charge in [0.15, 0.2) is 0 Å². The van der Waals surface area contributed by atoms with Crippen molar-refractivity contribution in [1.29, 1.82) is 0 Å². The third kappa shape index (κ3) is 2.81. The molecule has 24 heavy (non-hydrogen) atoms. The summed E-state index contributed by atoms with van der Waals surface area (Å²) in [5.74, 6) is 0.454. The average Bonchev–Trinajstić information content (AvgIpc) is 2.89. The number of hydrogen-bond donors (Lipinski definition) is 1. The summed E-state index contributed by atoms with van der Waals surface area (Å²) in [6.07, 6.45) is 7.14. The molecular formula is C20H29N3O. The number of urea groups is 1. The Bertz CT molecular complexity index is 623. The zero-order chi connectivity index (χ0) is 16.7. The van der Waals surface area contributed by atoms with Crippen LogP contribution in [0.5, 0.6) is 0 Å². The van der Waals surface area contributed by atoms with E-state index >= 15 is 0 Å². The standard InChI is InChI=1S/C20H29N3O/c1-14-8-9-18-16(12-14)17-13-22(2)11-10-19(17)23(18)20(24)21-15-6-4-3-5-7-15/h8-9,12,15,17,19H,3-7,10-11,13H2,1-2H3,(H,21,24). The molecule has 1 N–H and O–H groups in total. The van der Waals surface area contributed by atoms with Gasteiger partial charge in [0.1, 0.15) is 0 Å². The third-order valence-corrected chi connectivity index (χ3v) is 6.10. The number of rotatable bonds is 1. The van der Waals surface area contributed by atoms with Crippen LogP contribution in [-0.2, 0) is 0 Å². The number of aryl methyl sites for hydroxylation is 1. The number of fused-ring (bicyclic) bond motifs is 3. The summed E-state index contributed by atoms with van der Waals surface area (Å²) >= 11 is 0. The zero-order valence-electron chi connectivity index (χ0n) is 14.9. The first kappa shape index (κ1) is 15.9. The lowest BCUT2D eigenvalue weighted by atomic mass is 9.89. The van der Waals surface area contributed by atoms with Crippen LogP contribution in [0, 0.1) is 6.92 Å². The molecule has 4 heteroatoms. The van der Waals surface area contributed by atoms with Crippen molar-refractivity contribution in [1.82, 2.24) is 10.2 Å². The van der Waals surface area contributed by atoms with Gasteiger partial charge in [0.05, 0.1) is 0 Å². The van der Waals surface area contributed by atoms with E-state index in [1.165, 1.54) is 30.4 Å². The number of anilines is 1. The van der Waals surface area contributed by atoms with Crippen molar-refractivity contribution >= 4 is 11.7 Å². The Balaban J connectivity index is 1.60. The number of nitrogens with one attached hydrogen (secondary N) is 1. The number of carbonyl (C=O) groups is 1. The lowest BCUT2D eigenvalue weighted by Gasteiger charge is -2.37. The Kier molecular flexibility index (Phi) is 4.25. The summed E-state index contributed by atoms with van der Waals surface area (Å²) in [6, 6.07) is 7.40. The third-order valence-electron chi connectivity index (χ3n) is 6.10. The monoisotopic (exact) mass is 327 g/mol. The van der Waals surface area contributed by atoms with E-state index < -0.39 is 0 Å². The fourth-order valence-electron chi connectivity index (χ4n) is 4.84. The number of likely N-dealkylation sites (tertiary alicyclic amines) is 1. The van der Waals surface area contributed by atoms with Crippen molar-refractivity contribution in [2.45, 2.75) is 63.5 Å². The van der Waals surface area contributed by atoms with Gasteiger partial charge in [-0.2, -0.15) is 0 Å². The van der Waals surface area contributed by atoms with Crippen LogP contribution >= 0.6 is 0 Å². The molecule has 2 amide bonds. The molecule has 4 nitrogen and oxygen atoms in total. The molecule has 130 valence electrons. The Morgan fingerprint density at radius 2 is 1.96 bits per heavy atom. The lowest BCUT2D eigenvalue weighted by molar-refractivity contribution is 0.215. The van der Waals surface area contributed by atoms with Gasteiger partial charge in [0, 0.05) is 30.2 Å². The molecule has 3 aliphatic rings. The molecule has 2 atom stereocenters. The Morgan fingerprint density at radius 1 is 1.17 bits per heavy atom. The number of benzene rings is 1. The highest BCUT2D eigenvalue weighted by molar-refractivity contribution is 5.96. The van der Waals surface area contributed by atoms with Gasteiger partial charge in [0.2, 0.25) is 0 Å². The van der Waals surface area contributed by atoms with Crippen LogP contribution in [0.15, 0.2) is 18.2 Å². The van der Waals surface area contributed by atoms with Gasteiger partial charge in [-0.1, -0.05) is 37.0 Å². The highest BCUT2D eigenvalue weighted by atomic mass is 16.2. The number of likely N-dealkylation sites (N-methyl/N-ethyl adjacent to an activating group) is 1. The van der Waals surface area contributed by atoms with Crippen molar-refractivity contribution in [3.8, 4) is 0 Å². The lowest BCUT2D eigenvalue weighted by Crippen LogP contribution is -2.52. The summed E-state index contributed by atoms with van der Waals surface area (Å²) in [7, 11) is 2.19. The Labute approximate surface area is 145 Å². The summed E-state index contributed by atoms with van der Waals surface area (Å²) in [5.41, 5.74) is 3.79. The SMILES string of the molecule is Cc1ccc2c(c1)C1CN(C)CCC1N2C(=O)NC1CCCCC1. The molecule has 1 saturated heterocycles. The topological polar surface area (TPSA) is 35.6 Å². The average molecular weight is 327 g/mol. The van der Waals surface area contributed by atoms with Crippen molar-refractivity contribution in [2.24, 2.45) is 0 Å². The number of amides is 2. The molecule has 2 aliphatic heterocycles. The maximum absolute atomic E-state index is 13.1. The van der Waals surface area contributed by atoms with Gasteiger partial charge >= 0.3 is 6.03 Å². The van der Waals surface area contributed by atoms with Gasteiger partial charge in [-0.05, 0) is 51.4 Å². The van der Waals surface area contributed by atoms with Crippen LogP contribution < -0.4 is 10.2 Å². The van der Waals surface area contributed by atoms with Gasteiger partial charge < -0.3 is 10.2 Å². The van der Waals surface area contributed by atoms with Crippen LogP contribution in [-0.4, -0.2) is 43.2 Å². The molecule has 2 fully saturated rings. The van der Waals surface area contributed by atoms with Gasteiger partial charge in [0.25, 0.3) is 0 Å². The fourth-order valence-corrected chi connectivity index (χ4v) is 4.84. The number of piperidine rings is 1. The Hall–Kier alpha value is -1.55. The molecule has 0 radical (unpaired) electrons. The van der Waals surface area contributed by atoms with Crippen LogP contribution in [0.4, 0.5) is 10.5 Å². The minimum absolute atomic E-state index is 0.129. The second-order valence-electron chi connectivity index (χ2n) is 7.94. The summed E-state index contributed by atoms with van der Waals surface area (Å²) < 4.78 is 0. The van der Waals surface area contributed by atoms with Crippen molar-refractivity contribution < 1.29 is 4.79 Å². The van der Waals surface area contributed by atoms with Gasteiger partial charge in [-0.25, -0.2) is 4.79 Å². The van der Waals surface area contributed by atoms with Crippen LogP contribution in [0.3, 0.4) is 0 Å². The first-order valence-corrected chi connectivity index (χ1v) is 9.52. The van der Waals surface area contributed by atoms with Crippen LogP contribution in [0.1, 0.15) is 55.6 Å². The van der Waals surface area contributed by atoms with E-state index in [0.29, 0.717) is 18.0 Å². The predicted octanol–water partition coefficient (Wildman–Crippen LogP) is 3.65. The van der Waals surface area contributed by atoms with Crippen LogP contribution in [0.25, 0.3) is 0 Å². The molecule has 1 aromatic carbocycles. The van der Waals surface area contributed by atoms with Crippen molar-refractivity contribution in [2.75, 3.05) is 25.0 Å². The molecule has 2 heterocycles. The normalized spacial score (nSPS) is 27.7. The largest absolute Gasteiger partial charge is 0.335 e. The Morgan fingerprint density at radius 3 is 2.75 bits per heavy atom. The number of nitrogens with zero attached hydrogens (tertiary/aromatic N) is 2. The molecule has 4 rings (SSSR count). The maximum Gasteiger partial charge on any atom is 0.322 e. The molecule has 0 bridgehead atoms. The van der Waals surface area contributed by atoms with E-state index in [4.69, 9.17) is 0 Å². The second-order valence-corrected chi connectivity index (χ2v) is 7.94. The van der Waals surface area contributed by atoms with E-state index in [1.807, 2.05) is 0 Å². The first-order valence-electron chi connectivity index (χ1n) is 9.52. The molecule has 0 spiro atoms. The molecule has 1 saturated carbocycles. The van der Waals surface area contributed by atoms with E-state index in [-0.39, 0.29) is 6.03 Å². The summed E-state index contributed by atoms with van der Waals surface area (Å²) in [5, 5.41) is 3.33. The highest BCUT2D eigenvalue weighted by Gasteiger charge is 2.44. The fraction of sp³-hybridized carbons (Fsp3) is 0.650. The highest BCUT2D eigenvalue weighted by Crippen LogP contribution is 2.45. The minimum atomic E-state index is 0.129. The smallest absolute Gasteiger partial charge is 0.322 e. The van der Waals surface area contributed by atoms with E-state index in [2.05, 4.69) is 47.3 Å². The van der Waals surface area contributed by atoms with Gasteiger partial charge in [-0.3, -0.25) is 4.90 Å². The molecule has 1 aromatic rings. The zero-order valence-corrected chi connectivity index (χ0v) is 14.9. The molecule has 2 unspecified atom stereocenters. The minimum Gasteiger partial charge on any atom is -0.335 e.